The summed E-state index contributed by atoms with van der Waals surface area (Å²) in [7, 11) is 1.83. The summed E-state index contributed by atoms with van der Waals surface area (Å²) in [6.45, 7) is 7.08. The van der Waals surface area contributed by atoms with Crippen molar-refractivity contribution in [3.63, 3.8) is 0 Å². The number of hydrogen-bond acceptors (Lipinski definition) is 4. The molecule has 5 nitrogen and oxygen atoms in total. The molecule has 0 radical (unpaired) electrons. The lowest BCUT2D eigenvalue weighted by Crippen LogP contribution is -2.54. The summed E-state index contributed by atoms with van der Waals surface area (Å²) in [5.74, 6) is 0.0492. The quantitative estimate of drug-likeness (QED) is 0.827. The van der Waals surface area contributed by atoms with Gasteiger partial charge in [0.25, 0.3) is 0 Å². The highest BCUT2D eigenvalue weighted by Gasteiger charge is 2.27. The average Bonchev–Trinajstić information content (AvgIpc) is 2.56. The van der Waals surface area contributed by atoms with Crippen molar-refractivity contribution in [1.82, 2.24) is 9.80 Å². The third-order valence-corrected chi connectivity index (χ3v) is 4.46. The van der Waals surface area contributed by atoms with E-state index >= 15 is 0 Å². The first-order chi connectivity index (χ1) is 11.4. The van der Waals surface area contributed by atoms with Gasteiger partial charge in [-0.2, -0.15) is 5.26 Å². The van der Waals surface area contributed by atoms with Crippen molar-refractivity contribution < 1.29 is 9.18 Å². The van der Waals surface area contributed by atoms with Crippen LogP contribution in [-0.2, 0) is 4.79 Å². The van der Waals surface area contributed by atoms with Crippen molar-refractivity contribution in [3.05, 3.63) is 30.1 Å². The second-order valence-corrected chi connectivity index (χ2v) is 6.57. The fourth-order valence-electron chi connectivity index (χ4n) is 2.99. The molecule has 6 heteroatoms. The first kappa shape index (κ1) is 18.2. The molecule has 0 saturated carbocycles. The van der Waals surface area contributed by atoms with E-state index in [-0.39, 0.29) is 30.2 Å². The summed E-state index contributed by atoms with van der Waals surface area (Å²) < 4.78 is 13.0. The molecule has 0 aliphatic carbocycles. The molecule has 1 heterocycles. The number of amides is 1. The van der Waals surface area contributed by atoms with Crippen LogP contribution in [-0.4, -0.2) is 61.5 Å². The van der Waals surface area contributed by atoms with Gasteiger partial charge in [0, 0.05) is 38.9 Å². The summed E-state index contributed by atoms with van der Waals surface area (Å²) >= 11 is 0. The molecule has 24 heavy (non-hydrogen) atoms. The van der Waals surface area contributed by atoms with Crippen molar-refractivity contribution >= 4 is 11.6 Å². The minimum atomic E-state index is -0.285. The lowest BCUT2D eigenvalue weighted by Gasteiger charge is -2.38. The van der Waals surface area contributed by atoms with Crippen LogP contribution in [0.15, 0.2) is 24.3 Å². The van der Waals surface area contributed by atoms with Crippen LogP contribution in [0.1, 0.15) is 13.8 Å². The van der Waals surface area contributed by atoms with Crippen molar-refractivity contribution in [2.45, 2.75) is 19.9 Å². The maximum Gasteiger partial charge on any atom is 0.242 e. The van der Waals surface area contributed by atoms with Gasteiger partial charge in [-0.15, -0.1) is 0 Å². The number of rotatable bonds is 5. The second-order valence-electron chi connectivity index (χ2n) is 6.57. The summed E-state index contributed by atoms with van der Waals surface area (Å²) in [6.07, 6.45) is 0. The third kappa shape index (κ3) is 4.45. The molecule has 0 N–H and O–H groups in total. The number of anilines is 1. The Bertz CT molecular complexity index is 588. The monoisotopic (exact) mass is 332 g/mol. The van der Waals surface area contributed by atoms with Crippen LogP contribution in [0.25, 0.3) is 0 Å². The molecule has 1 atom stereocenters. The highest BCUT2D eigenvalue weighted by Crippen LogP contribution is 2.15. The number of hydrogen-bond donors (Lipinski definition) is 0. The Balaban J connectivity index is 1.86. The Hall–Kier alpha value is -2.13. The third-order valence-electron chi connectivity index (χ3n) is 4.46. The molecule has 1 aromatic carbocycles. The molecule has 0 aromatic heterocycles. The zero-order valence-corrected chi connectivity index (χ0v) is 14.6. The van der Waals surface area contributed by atoms with E-state index < -0.39 is 0 Å². The maximum atomic E-state index is 13.0. The molecule has 0 bridgehead atoms. The van der Waals surface area contributed by atoms with Crippen molar-refractivity contribution in [3.8, 4) is 6.07 Å². The maximum absolute atomic E-state index is 13.0. The predicted molar refractivity (Wildman–Crippen MR) is 92.1 cm³/mol. The Morgan fingerprint density at radius 1 is 1.25 bits per heavy atom. The topological polar surface area (TPSA) is 50.6 Å². The van der Waals surface area contributed by atoms with E-state index in [1.807, 2.05) is 30.7 Å². The zero-order valence-electron chi connectivity index (χ0n) is 14.6. The number of benzene rings is 1. The molecular weight excluding hydrogens is 307 g/mol. The van der Waals surface area contributed by atoms with E-state index in [4.69, 9.17) is 0 Å². The Morgan fingerprint density at radius 3 is 2.33 bits per heavy atom. The molecule has 1 unspecified atom stereocenters. The van der Waals surface area contributed by atoms with Gasteiger partial charge in [-0.3, -0.25) is 9.69 Å². The molecule has 1 aliphatic rings. The minimum Gasteiger partial charge on any atom is -0.365 e. The van der Waals surface area contributed by atoms with Crippen LogP contribution in [0.2, 0.25) is 0 Å². The van der Waals surface area contributed by atoms with Crippen LogP contribution in [0, 0.1) is 23.1 Å². The molecule has 130 valence electrons. The van der Waals surface area contributed by atoms with Gasteiger partial charge >= 0.3 is 0 Å². The van der Waals surface area contributed by atoms with E-state index in [0.717, 1.165) is 18.8 Å². The molecular formula is C18H25FN4O. The predicted octanol–water partition coefficient (Wildman–Crippen LogP) is 1.95. The van der Waals surface area contributed by atoms with E-state index in [1.165, 1.54) is 12.1 Å². The van der Waals surface area contributed by atoms with E-state index in [0.29, 0.717) is 13.1 Å². The van der Waals surface area contributed by atoms with Gasteiger partial charge in [-0.25, -0.2) is 4.39 Å². The number of halogens is 1. The number of likely N-dealkylation sites (N-methyl/N-ethyl adjacent to an activating group) is 1. The normalized spacial score (nSPS) is 16.8. The van der Waals surface area contributed by atoms with Crippen molar-refractivity contribution in [2.75, 3.05) is 44.7 Å². The van der Waals surface area contributed by atoms with Gasteiger partial charge in [-0.05, 0) is 30.2 Å². The van der Waals surface area contributed by atoms with Gasteiger partial charge in [-0.1, -0.05) is 13.8 Å². The van der Waals surface area contributed by atoms with Gasteiger partial charge in [0.1, 0.15) is 11.9 Å². The summed E-state index contributed by atoms with van der Waals surface area (Å²) in [4.78, 5) is 18.3. The molecule has 0 spiro atoms. The minimum absolute atomic E-state index is 0.0551. The smallest absolute Gasteiger partial charge is 0.242 e. The molecule has 2 rings (SSSR count). The van der Waals surface area contributed by atoms with E-state index in [1.54, 1.807) is 12.1 Å². The van der Waals surface area contributed by atoms with Gasteiger partial charge in [0.05, 0.1) is 12.6 Å². The summed E-state index contributed by atoms with van der Waals surface area (Å²) in [5, 5.41) is 9.28. The largest absolute Gasteiger partial charge is 0.365 e. The van der Waals surface area contributed by atoms with Crippen LogP contribution in [0.4, 0.5) is 10.1 Å². The van der Waals surface area contributed by atoms with Crippen molar-refractivity contribution in [2.24, 2.45) is 5.92 Å². The van der Waals surface area contributed by atoms with Crippen molar-refractivity contribution in [1.29, 1.82) is 5.26 Å². The van der Waals surface area contributed by atoms with Crippen LogP contribution in [0.3, 0.4) is 0 Å². The van der Waals surface area contributed by atoms with E-state index in [2.05, 4.69) is 11.0 Å². The molecule has 1 amide bonds. The zero-order chi connectivity index (χ0) is 17.7. The molecule has 1 fully saturated rings. The number of carbonyl (C=O) groups is 1. The highest BCUT2D eigenvalue weighted by molar-refractivity contribution is 5.81. The Kier molecular flexibility index (Phi) is 6.16. The molecule has 1 saturated heterocycles. The standard InChI is InChI=1S/C18H25FN4O/c1-14(2)17(12-20)22-8-10-23(11-9-22)18(24)13-21(3)16-6-4-15(19)5-7-16/h4-7,14,17H,8-11,13H2,1-3H3. The lowest BCUT2D eigenvalue weighted by molar-refractivity contribution is -0.131. The second kappa shape index (κ2) is 8.11. The number of carbonyl (C=O) groups excluding carboxylic acids is 1. The van der Waals surface area contributed by atoms with Crippen LogP contribution >= 0.6 is 0 Å². The number of piperazine rings is 1. The van der Waals surface area contributed by atoms with E-state index in [9.17, 15) is 14.4 Å². The average molecular weight is 332 g/mol. The van der Waals surface area contributed by atoms with Crippen LogP contribution < -0.4 is 4.90 Å². The Labute approximate surface area is 143 Å². The Morgan fingerprint density at radius 2 is 1.83 bits per heavy atom. The summed E-state index contributed by atoms with van der Waals surface area (Å²) in [5.41, 5.74) is 0.813. The van der Waals surface area contributed by atoms with Gasteiger partial charge in [0.15, 0.2) is 0 Å². The first-order valence-electron chi connectivity index (χ1n) is 8.30. The first-order valence-corrected chi connectivity index (χ1v) is 8.30. The fourth-order valence-corrected chi connectivity index (χ4v) is 2.99. The SMILES string of the molecule is CC(C)C(C#N)N1CCN(C(=O)CN(C)c2ccc(F)cc2)CC1. The van der Waals surface area contributed by atoms with Gasteiger partial charge in [0.2, 0.25) is 5.91 Å². The molecule has 1 aromatic rings. The molecule has 1 aliphatic heterocycles. The fraction of sp³-hybridized carbons (Fsp3) is 0.556. The van der Waals surface area contributed by atoms with Gasteiger partial charge < -0.3 is 9.80 Å². The number of nitrogens with zero attached hydrogens (tertiary/aromatic N) is 4. The van der Waals surface area contributed by atoms with Crippen LogP contribution in [0.5, 0.6) is 0 Å². The lowest BCUT2D eigenvalue weighted by atomic mass is 10.0. The summed E-state index contributed by atoms with van der Waals surface area (Å²) in [6, 6.07) is 8.38. The number of nitriles is 1. The highest BCUT2D eigenvalue weighted by atomic mass is 19.1.